The fourth-order valence-corrected chi connectivity index (χ4v) is 3.79. The average Bonchev–Trinajstić information content (AvgIpc) is 3.10. The number of piperazine rings is 1. The quantitative estimate of drug-likeness (QED) is 0.751. The Morgan fingerprint density at radius 2 is 1.85 bits per heavy atom. The Kier molecular flexibility index (Phi) is 5.21. The van der Waals surface area contributed by atoms with Crippen molar-refractivity contribution < 1.29 is 9.18 Å². The minimum atomic E-state index is -0.196. The highest BCUT2D eigenvalue weighted by Gasteiger charge is 2.21. The molecular weight excluding hydrogens is 341 g/mol. The summed E-state index contributed by atoms with van der Waals surface area (Å²) in [6.45, 7) is 3.86. The average molecular weight is 365 g/mol. The van der Waals surface area contributed by atoms with E-state index in [-0.39, 0.29) is 11.7 Å². The molecule has 4 nitrogen and oxygen atoms in total. The number of nitrogens with zero attached hydrogens (tertiary/aromatic N) is 2. The van der Waals surface area contributed by atoms with Crippen molar-refractivity contribution in [2.24, 2.45) is 0 Å². The summed E-state index contributed by atoms with van der Waals surface area (Å²) in [5.41, 5.74) is 3.30. The van der Waals surface area contributed by atoms with Crippen LogP contribution < -0.4 is 0 Å². The summed E-state index contributed by atoms with van der Waals surface area (Å²) in [6.07, 6.45) is 3.30. The molecule has 0 unspecified atom stereocenters. The second-order valence-electron chi connectivity index (χ2n) is 7.15. The third-order valence-electron chi connectivity index (χ3n) is 5.30. The summed E-state index contributed by atoms with van der Waals surface area (Å²) in [7, 11) is 0. The molecule has 2 aromatic carbocycles. The van der Waals surface area contributed by atoms with Crippen molar-refractivity contribution >= 4 is 16.8 Å². The van der Waals surface area contributed by atoms with Gasteiger partial charge >= 0.3 is 0 Å². The van der Waals surface area contributed by atoms with Gasteiger partial charge in [0.1, 0.15) is 5.82 Å². The molecule has 0 atom stereocenters. The number of fused-ring (bicyclic) bond motifs is 1. The second-order valence-corrected chi connectivity index (χ2v) is 7.15. The molecule has 0 spiro atoms. The number of halogens is 1. The van der Waals surface area contributed by atoms with Crippen LogP contribution in [0.15, 0.2) is 54.7 Å². The van der Waals surface area contributed by atoms with Crippen LogP contribution in [0.5, 0.6) is 0 Å². The predicted molar refractivity (Wildman–Crippen MR) is 105 cm³/mol. The van der Waals surface area contributed by atoms with Gasteiger partial charge in [0.05, 0.1) is 0 Å². The number of benzene rings is 2. The third-order valence-corrected chi connectivity index (χ3v) is 5.30. The van der Waals surface area contributed by atoms with Crippen molar-refractivity contribution in [3.8, 4) is 0 Å². The lowest BCUT2D eigenvalue weighted by Crippen LogP contribution is -2.48. The van der Waals surface area contributed by atoms with Crippen LogP contribution >= 0.6 is 0 Å². The van der Waals surface area contributed by atoms with E-state index in [2.05, 4.69) is 22.0 Å². The SMILES string of the molecule is O=C(CCc1c[nH]c2ccccc12)N1CCN(Cc2cccc(F)c2)CC1. The fourth-order valence-electron chi connectivity index (χ4n) is 3.79. The zero-order chi connectivity index (χ0) is 18.6. The van der Waals surface area contributed by atoms with E-state index in [1.165, 1.54) is 17.0 Å². The van der Waals surface area contributed by atoms with Gasteiger partial charge in [0.2, 0.25) is 5.91 Å². The Morgan fingerprint density at radius 3 is 2.67 bits per heavy atom. The first-order valence-electron chi connectivity index (χ1n) is 9.48. The molecule has 27 heavy (non-hydrogen) atoms. The first kappa shape index (κ1) is 17.7. The highest BCUT2D eigenvalue weighted by atomic mass is 19.1. The van der Waals surface area contributed by atoms with Gasteiger partial charge in [-0.3, -0.25) is 9.69 Å². The van der Waals surface area contributed by atoms with Crippen molar-refractivity contribution in [3.63, 3.8) is 0 Å². The van der Waals surface area contributed by atoms with E-state index in [4.69, 9.17) is 0 Å². The molecule has 5 heteroatoms. The fraction of sp³-hybridized carbons (Fsp3) is 0.318. The van der Waals surface area contributed by atoms with Crippen LogP contribution in [0, 0.1) is 5.82 Å². The molecule has 0 aliphatic carbocycles. The lowest BCUT2D eigenvalue weighted by molar-refractivity contribution is -0.132. The molecule has 1 fully saturated rings. The van der Waals surface area contributed by atoms with E-state index in [1.807, 2.05) is 29.3 Å². The minimum Gasteiger partial charge on any atom is -0.361 e. The predicted octanol–water partition coefficient (Wildman–Crippen LogP) is 3.58. The standard InChI is InChI=1S/C22H24FN3O/c23-19-5-3-4-17(14-19)16-25-10-12-26(13-11-25)22(27)9-8-18-15-24-21-7-2-1-6-20(18)21/h1-7,14-15,24H,8-13,16H2. The van der Waals surface area contributed by atoms with Crippen LogP contribution in [0.3, 0.4) is 0 Å². The number of carbonyl (C=O) groups is 1. The van der Waals surface area contributed by atoms with E-state index in [1.54, 1.807) is 12.1 Å². The van der Waals surface area contributed by atoms with Crippen molar-refractivity contribution in [2.75, 3.05) is 26.2 Å². The highest BCUT2D eigenvalue weighted by Crippen LogP contribution is 2.19. The van der Waals surface area contributed by atoms with Gasteiger partial charge in [0.15, 0.2) is 0 Å². The molecule has 140 valence electrons. The molecule has 1 saturated heterocycles. The maximum atomic E-state index is 13.3. The Morgan fingerprint density at radius 1 is 1.04 bits per heavy atom. The first-order chi connectivity index (χ1) is 13.2. The molecule has 1 aliphatic heterocycles. The second kappa shape index (κ2) is 7.92. The lowest BCUT2D eigenvalue weighted by Gasteiger charge is -2.34. The normalized spacial score (nSPS) is 15.4. The molecule has 1 aromatic heterocycles. The molecule has 0 saturated carbocycles. The number of amides is 1. The molecule has 2 heterocycles. The summed E-state index contributed by atoms with van der Waals surface area (Å²) in [4.78, 5) is 20.1. The molecular formula is C22H24FN3O. The largest absolute Gasteiger partial charge is 0.361 e. The van der Waals surface area contributed by atoms with Crippen LogP contribution in [-0.2, 0) is 17.8 Å². The molecule has 3 aromatic rings. The van der Waals surface area contributed by atoms with Gasteiger partial charge in [-0.25, -0.2) is 4.39 Å². The smallest absolute Gasteiger partial charge is 0.222 e. The van der Waals surface area contributed by atoms with E-state index in [0.717, 1.165) is 50.2 Å². The number of aromatic amines is 1. The van der Waals surface area contributed by atoms with E-state index >= 15 is 0 Å². The van der Waals surface area contributed by atoms with E-state index in [9.17, 15) is 9.18 Å². The Hall–Kier alpha value is -2.66. The number of hydrogen-bond acceptors (Lipinski definition) is 2. The Bertz CT molecular complexity index is 928. The summed E-state index contributed by atoms with van der Waals surface area (Å²) >= 11 is 0. The van der Waals surface area contributed by atoms with Gasteiger partial charge in [0.25, 0.3) is 0 Å². The Balaban J connectivity index is 1.27. The highest BCUT2D eigenvalue weighted by molar-refractivity contribution is 5.84. The number of rotatable bonds is 5. The number of hydrogen-bond donors (Lipinski definition) is 1. The molecule has 1 N–H and O–H groups in total. The van der Waals surface area contributed by atoms with Crippen LogP contribution in [-0.4, -0.2) is 46.9 Å². The van der Waals surface area contributed by atoms with Crippen molar-refractivity contribution in [3.05, 3.63) is 71.7 Å². The van der Waals surface area contributed by atoms with Crippen LogP contribution in [0.25, 0.3) is 10.9 Å². The lowest BCUT2D eigenvalue weighted by atomic mass is 10.1. The number of carbonyl (C=O) groups excluding carboxylic acids is 1. The van der Waals surface area contributed by atoms with Crippen LogP contribution in [0.4, 0.5) is 4.39 Å². The zero-order valence-electron chi connectivity index (χ0n) is 15.3. The number of H-pyrrole nitrogens is 1. The zero-order valence-corrected chi connectivity index (χ0v) is 15.3. The first-order valence-corrected chi connectivity index (χ1v) is 9.48. The van der Waals surface area contributed by atoms with Crippen LogP contribution in [0.2, 0.25) is 0 Å². The molecule has 4 rings (SSSR count). The summed E-state index contributed by atoms with van der Waals surface area (Å²) in [5, 5.41) is 1.20. The number of nitrogens with one attached hydrogen (secondary N) is 1. The van der Waals surface area contributed by atoms with Gasteiger partial charge in [-0.05, 0) is 35.7 Å². The molecule has 1 amide bonds. The number of aryl methyl sites for hydroxylation is 1. The molecule has 0 bridgehead atoms. The van der Waals surface area contributed by atoms with Crippen molar-refractivity contribution in [1.82, 2.24) is 14.8 Å². The number of aromatic nitrogens is 1. The monoisotopic (exact) mass is 365 g/mol. The van der Waals surface area contributed by atoms with Crippen molar-refractivity contribution in [2.45, 2.75) is 19.4 Å². The maximum Gasteiger partial charge on any atom is 0.222 e. The van der Waals surface area contributed by atoms with Gasteiger partial charge < -0.3 is 9.88 Å². The summed E-state index contributed by atoms with van der Waals surface area (Å²) in [6, 6.07) is 14.9. The van der Waals surface area contributed by atoms with E-state index in [0.29, 0.717) is 6.42 Å². The summed E-state index contributed by atoms with van der Waals surface area (Å²) in [5.74, 6) is 0.0179. The van der Waals surface area contributed by atoms with Crippen LogP contribution in [0.1, 0.15) is 17.5 Å². The minimum absolute atomic E-state index is 0.196. The van der Waals surface area contributed by atoms with Gasteiger partial charge in [-0.15, -0.1) is 0 Å². The topological polar surface area (TPSA) is 39.3 Å². The third kappa shape index (κ3) is 4.19. The summed E-state index contributed by atoms with van der Waals surface area (Å²) < 4.78 is 13.3. The molecule has 1 aliphatic rings. The van der Waals surface area contributed by atoms with E-state index < -0.39 is 0 Å². The van der Waals surface area contributed by atoms with Gasteiger partial charge in [0, 0.05) is 56.2 Å². The van der Waals surface area contributed by atoms with Gasteiger partial charge in [-0.1, -0.05) is 30.3 Å². The van der Waals surface area contributed by atoms with Gasteiger partial charge in [-0.2, -0.15) is 0 Å². The maximum absolute atomic E-state index is 13.3. The Labute approximate surface area is 158 Å². The van der Waals surface area contributed by atoms with Crippen molar-refractivity contribution in [1.29, 1.82) is 0 Å². The molecule has 0 radical (unpaired) electrons. The number of para-hydroxylation sites is 1.